The number of carbonyl (C=O) groups excluding carboxylic acids is 2. The van der Waals surface area contributed by atoms with Gasteiger partial charge in [0, 0.05) is 19.5 Å². The Morgan fingerprint density at radius 1 is 1.10 bits per heavy atom. The fourth-order valence-electron chi connectivity index (χ4n) is 2.08. The summed E-state index contributed by atoms with van der Waals surface area (Å²) in [7, 11) is 0. The molecule has 0 radical (unpaired) electrons. The highest BCUT2D eigenvalue weighted by molar-refractivity contribution is 5.81. The van der Waals surface area contributed by atoms with Gasteiger partial charge in [0.2, 0.25) is 5.91 Å². The van der Waals surface area contributed by atoms with Crippen molar-refractivity contribution >= 4 is 11.9 Å². The first-order chi connectivity index (χ1) is 10.1. The molecule has 0 N–H and O–H groups in total. The Morgan fingerprint density at radius 3 is 2.33 bits per heavy atom. The summed E-state index contributed by atoms with van der Waals surface area (Å²) in [6, 6.07) is 8.17. The van der Waals surface area contributed by atoms with Crippen LogP contribution in [0.1, 0.15) is 44.2 Å². The molecule has 21 heavy (non-hydrogen) atoms. The number of aryl methyl sites for hydroxylation is 1. The zero-order valence-corrected chi connectivity index (χ0v) is 13.2. The molecule has 0 fully saturated rings. The van der Waals surface area contributed by atoms with E-state index in [9.17, 15) is 9.59 Å². The van der Waals surface area contributed by atoms with Crippen molar-refractivity contribution in [2.24, 2.45) is 0 Å². The summed E-state index contributed by atoms with van der Waals surface area (Å²) in [5, 5.41) is 0. The predicted molar refractivity (Wildman–Crippen MR) is 82.8 cm³/mol. The summed E-state index contributed by atoms with van der Waals surface area (Å²) in [5.74, 6) is -0.303. The van der Waals surface area contributed by atoms with Gasteiger partial charge in [-0.25, -0.2) is 0 Å². The van der Waals surface area contributed by atoms with Crippen LogP contribution in [0.4, 0.5) is 0 Å². The van der Waals surface area contributed by atoms with Gasteiger partial charge in [-0.15, -0.1) is 0 Å². The fourth-order valence-corrected chi connectivity index (χ4v) is 2.08. The minimum Gasteiger partial charge on any atom is -0.466 e. The fraction of sp³-hybridized carbons (Fsp3) is 0.529. The van der Waals surface area contributed by atoms with Crippen LogP contribution in [-0.2, 0) is 20.9 Å². The standard InChI is InChI=1S/C17H25NO3/c1-4-12-18(13-15-8-6-14(3)7-9-15)16(19)10-11-17(20)21-5-2/h6-9H,4-5,10-13H2,1-3H3. The van der Waals surface area contributed by atoms with Crippen molar-refractivity contribution in [1.82, 2.24) is 4.90 Å². The van der Waals surface area contributed by atoms with E-state index >= 15 is 0 Å². The van der Waals surface area contributed by atoms with Crippen molar-refractivity contribution in [3.05, 3.63) is 35.4 Å². The molecule has 0 aromatic heterocycles. The van der Waals surface area contributed by atoms with Crippen LogP contribution in [0.15, 0.2) is 24.3 Å². The van der Waals surface area contributed by atoms with E-state index < -0.39 is 0 Å². The number of hydrogen-bond donors (Lipinski definition) is 0. The molecular weight excluding hydrogens is 266 g/mol. The second-order valence-corrected chi connectivity index (χ2v) is 5.11. The van der Waals surface area contributed by atoms with Crippen molar-refractivity contribution in [1.29, 1.82) is 0 Å². The predicted octanol–water partition coefficient (Wildman–Crippen LogP) is 3.08. The number of rotatable bonds is 8. The van der Waals surface area contributed by atoms with Crippen molar-refractivity contribution in [2.45, 2.75) is 46.6 Å². The minimum absolute atomic E-state index is 0.00507. The molecule has 0 aliphatic carbocycles. The molecule has 1 rings (SSSR count). The first-order valence-electron chi connectivity index (χ1n) is 7.55. The summed E-state index contributed by atoms with van der Waals surface area (Å²) < 4.78 is 4.85. The maximum Gasteiger partial charge on any atom is 0.306 e. The third kappa shape index (κ3) is 6.43. The SMILES string of the molecule is CCCN(Cc1ccc(C)cc1)C(=O)CCC(=O)OCC. The van der Waals surface area contributed by atoms with Gasteiger partial charge in [0.1, 0.15) is 0 Å². The lowest BCUT2D eigenvalue weighted by Gasteiger charge is -2.22. The van der Waals surface area contributed by atoms with Gasteiger partial charge >= 0.3 is 5.97 Å². The molecule has 116 valence electrons. The van der Waals surface area contributed by atoms with Crippen molar-refractivity contribution in [3.8, 4) is 0 Å². The van der Waals surface area contributed by atoms with E-state index in [-0.39, 0.29) is 24.7 Å². The molecule has 0 aliphatic heterocycles. The van der Waals surface area contributed by atoms with Gasteiger partial charge in [-0.2, -0.15) is 0 Å². The molecular formula is C17H25NO3. The van der Waals surface area contributed by atoms with Crippen LogP contribution in [0, 0.1) is 6.92 Å². The number of nitrogens with zero attached hydrogens (tertiary/aromatic N) is 1. The Balaban J connectivity index is 2.57. The maximum atomic E-state index is 12.2. The lowest BCUT2D eigenvalue weighted by atomic mass is 10.1. The largest absolute Gasteiger partial charge is 0.466 e. The van der Waals surface area contributed by atoms with E-state index in [4.69, 9.17) is 4.74 Å². The first-order valence-corrected chi connectivity index (χ1v) is 7.55. The summed E-state index contributed by atoms with van der Waals surface area (Å²) in [6.45, 7) is 7.50. The Labute approximate surface area is 127 Å². The van der Waals surface area contributed by atoms with E-state index in [0.29, 0.717) is 19.7 Å². The molecule has 4 heteroatoms. The van der Waals surface area contributed by atoms with Crippen LogP contribution in [-0.4, -0.2) is 29.9 Å². The molecule has 0 spiro atoms. The number of esters is 1. The topological polar surface area (TPSA) is 46.6 Å². The molecule has 0 bridgehead atoms. The zero-order chi connectivity index (χ0) is 15.7. The second kappa shape index (κ2) is 9.16. The molecule has 1 amide bonds. The Kier molecular flexibility index (Phi) is 7.51. The molecule has 0 saturated carbocycles. The quantitative estimate of drug-likeness (QED) is 0.691. The van der Waals surface area contributed by atoms with Gasteiger partial charge in [0.25, 0.3) is 0 Å². The van der Waals surface area contributed by atoms with Crippen LogP contribution >= 0.6 is 0 Å². The van der Waals surface area contributed by atoms with E-state index in [0.717, 1.165) is 12.0 Å². The second-order valence-electron chi connectivity index (χ2n) is 5.11. The van der Waals surface area contributed by atoms with Crippen molar-refractivity contribution in [2.75, 3.05) is 13.2 Å². The smallest absolute Gasteiger partial charge is 0.306 e. The normalized spacial score (nSPS) is 10.2. The van der Waals surface area contributed by atoms with Crippen molar-refractivity contribution in [3.63, 3.8) is 0 Å². The molecule has 0 atom stereocenters. The zero-order valence-electron chi connectivity index (χ0n) is 13.2. The van der Waals surface area contributed by atoms with Crippen LogP contribution in [0.3, 0.4) is 0 Å². The lowest BCUT2D eigenvalue weighted by molar-refractivity contribution is -0.145. The van der Waals surface area contributed by atoms with E-state index in [1.54, 1.807) is 6.92 Å². The summed E-state index contributed by atoms with van der Waals surface area (Å²) in [6.07, 6.45) is 1.27. The maximum absolute atomic E-state index is 12.2. The lowest BCUT2D eigenvalue weighted by Crippen LogP contribution is -2.31. The molecule has 0 aliphatic rings. The first kappa shape index (κ1) is 17.2. The summed E-state index contributed by atoms with van der Waals surface area (Å²) >= 11 is 0. The third-order valence-electron chi connectivity index (χ3n) is 3.19. The van der Waals surface area contributed by atoms with Crippen LogP contribution < -0.4 is 0 Å². The van der Waals surface area contributed by atoms with Gasteiger partial charge < -0.3 is 9.64 Å². The number of ether oxygens (including phenoxy) is 1. The number of hydrogen-bond acceptors (Lipinski definition) is 3. The highest BCUT2D eigenvalue weighted by Gasteiger charge is 2.15. The summed E-state index contributed by atoms with van der Waals surface area (Å²) in [5.41, 5.74) is 2.31. The average Bonchev–Trinajstić information content (AvgIpc) is 2.47. The van der Waals surface area contributed by atoms with Gasteiger partial charge in [-0.3, -0.25) is 9.59 Å². The monoisotopic (exact) mass is 291 g/mol. The van der Waals surface area contributed by atoms with Crippen LogP contribution in [0.2, 0.25) is 0 Å². The van der Waals surface area contributed by atoms with Gasteiger partial charge in [-0.1, -0.05) is 36.8 Å². The highest BCUT2D eigenvalue weighted by atomic mass is 16.5. The minimum atomic E-state index is -0.308. The van der Waals surface area contributed by atoms with Crippen molar-refractivity contribution < 1.29 is 14.3 Å². The molecule has 0 heterocycles. The number of amides is 1. The average molecular weight is 291 g/mol. The van der Waals surface area contributed by atoms with E-state index in [1.165, 1.54) is 5.56 Å². The Hall–Kier alpha value is -1.84. The number of benzene rings is 1. The van der Waals surface area contributed by atoms with E-state index in [1.807, 2.05) is 43.0 Å². The van der Waals surface area contributed by atoms with Gasteiger partial charge in [0.15, 0.2) is 0 Å². The Bertz CT molecular complexity index is 454. The Morgan fingerprint density at radius 2 is 1.76 bits per heavy atom. The third-order valence-corrected chi connectivity index (χ3v) is 3.19. The van der Waals surface area contributed by atoms with Crippen LogP contribution in [0.5, 0.6) is 0 Å². The van der Waals surface area contributed by atoms with E-state index in [2.05, 4.69) is 0 Å². The summed E-state index contributed by atoms with van der Waals surface area (Å²) in [4.78, 5) is 25.4. The number of carbonyl (C=O) groups is 2. The molecule has 0 saturated heterocycles. The van der Waals surface area contributed by atoms with Gasteiger partial charge in [-0.05, 0) is 25.8 Å². The molecule has 1 aromatic rings. The van der Waals surface area contributed by atoms with Gasteiger partial charge in [0.05, 0.1) is 13.0 Å². The highest BCUT2D eigenvalue weighted by Crippen LogP contribution is 2.10. The molecule has 1 aromatic carbocycles. The van der Waals surface area contributed by atoms with Crippen LogP contribution in [0.25, 0.3) is 0 Å². The molecule has 0 unspecified atom stereocenters. The molecule has 4 nitrogen and oxygen atoms in total.